The second-order valence-electron chi connectivity index (χ2n) is 2.43. The monoisotopic (exact) mass is 186 g/mol. The third-order valence-electron chi connectivity index (χ3n) is 1.48. The van der Waals surface area contributed by atoms with Crippen LogP contribution in [0.25, 0.3) is 0 Å². The molecule has 3 heteroatoms. The molecular formula is C9H11FOS. The Morgan fingerprint density at radius 2 is 2.17 bits per heavy atom. The molecule has 0 radical (unpaired) electrons. The zero-order valence-corrected chi connectivity index (χ0v) is 7.95. The van der Waals surface area contributed by atoms with Gasteiger partial charge in [-0.2, -0.15) is 11.8 Å². The number of ether oxygens (including phenoxy) is 1. The molecule has 0 saturated heterocycles. The first-order valence-corrected chi connectivity index (χ1v) is 4.98. The lowest BCUT2D eigenvalue weighted by atomic mass is 10.2. The van der Waals surface area contributed by atoms with Crippen LogP contribution in [0.2, 0.25) is 0 Å². The Bertz CT molecular complexity index is 263. The van der Waals surface area contributed by atoms with Crippen LogP contribution in [0, 0.1) is 5.82 Å². The van der Waals surface area contributed by atoms with E-state index in [4.69, 9.17) is 4.74 Å². The second-order valence-corrected chi connectivity index (χ2v) is 3.30. The third kappa shape index (κ3) is 2.41. The van der Waals surface area contributed by atoms with Crippen molar-refractivity contribution in [3.05, 3.63) is 29.6 Å². The van der Waals surface area contributed by atoms with E-state index in [1.54, 1.807) is 11.8 Å². The lowest BCUT2D eigenvalue weighted by Crippen LogP contribution is -1.88. The highest BCUT2D eigenvalue weighted by Crippen LogP contribution is 2.18. The number of hydrogen-bond acceptors (Lipinski definition) is 2. The molecule has 1 aromatic rings. The van der Waals surface area contributed by atoms with Crippen molar-refractivity contribution in [2.75, 3.05) is 13.4 Å². The number of benzene rings is 1. The van der Waals surface area contributed by atoms with Crippen LogP contribution in [0.15, 0.2) is 18.2 Å². The van der Waals surface area contributed by atoms with Crippen molar-refractivity contribution in [2.45, 2.75) is 5.75 Å². The molecule has 1 rings (SSSR count). The van der Waals surface area contributed by atoms with Crippen LogP contribution in [-0.4, -0.2) is 13.4 Å². The van der Waals surface area contributed by atoms with Gasteiger partial charge in [-0.1, -0.05) is 0 Å². The van der Waals surface area contributed by atoms with E-state index in [2.05, 4.69) is 0 Å². The summed E-state index contributed by atoms with van der Waals surface area (Å²) < 4.78 is 17.8. The molecule has 0 N–H and O–H groups in total. The normalized spacial score (nSPS) is 9.92. The molecule has 0 aliphatic heterocycles. The molecule has 0 saturated carbocycles. The van der Waals surface area contributed by atoms with E-state index in [0.29, 0.717) is 5.75 Å². The van der Waals surface area contributed by atoms with Crippen LogP contribution in [-0.2, 0) is 5.75 Å². The summed E-state index contributed by atoms with van der Waals surface area (Å²) in [6.45, 7) is 0. The van der Waals surface area contributed by atoms with Crippen LogP contribution in [0.4, 0.5) is 4.39 Å². The topological polar surface area (TPSA) is 9.23 Å². The van der Waals surface area contributed by atoms with Gasteiger partial charge in [0.1, 0.15) is 11.6 Å². The maximum atomic E-state index is 12.8. The number of rotatable bonds is 3. The fraction of sp³-hybridized carbons (Fsp3) is 0.333. The van der Waals surface area contributed by atoms with Gasteiger partial charge in [0.2, 0.25) is 0 Å². The molecule has 0 atom stereocenters. The van der Waals surface area contributed by atoms with Gasteiger partial charge in [-0.3, -0.25) is 0 Å². The van der Waals surface area contributed by atoms with Crippen LogP contribution in [0.5, 0.6) is 5.75 Å². The Balaban J connectivity index is 2.90. The minimum absolute atomic E-state index is 0.238. The molecular weight excluding hydrogens is 175 g/mol. The van der Waals surface area contributed by atoms with Gasteiger partial charge in [0, 0.05) is 11.8 Å². The van der Waals surface area contributed by atoms with E-state index >= 15 is 0 Å². The summed E-state index contributed by atoms with van der Waals surface area (Å²) in [5, 5.41) is 0. The van der Waals surface area contributed by atoms with Crippen molar-refractivity contribution >= 4 is 11.8 Å². The lowest BCUT2D eigenvalue weighted by molar-refractivity contribution is 0.411. The average molecular weight is 186 g/mol. The fourth-order valence-electron chi connectivity index (χ4n) is 0.989. The molecule has 1 nitrogen and oxygen atoms in total. The summed E-state index contributed by atoms with van der Waals surface area (Å²) in [5.74, 6) is 1.16. The minimum Gasteiger partial charge on any atom is -0.497 e. The minimum atomic E-state index is -0.238. The summed E-state index contributed by atoms with van der Waals surface area (Å²) in [4.78, 5) is 0. The number of thioether (sulfide) groups is 1. The van der Waals surface area contributed by atoms with Crippen molar-refractivity contribution in [3.8, 4) is 5.75 Å². The van der Waals surface area contributed by atoms with Crippen LogP contribution in [0.1, 0.15) is 5.56 Å². The Kier molecular flexibility index (Phi) is 3.41. The van der Waals surface area contributed by atoms with Gasteiger partial charge >= 0.3 is 0 Å². The first kappa shape index (κ1) is 9.39. The summed E-state index contributed by atoms with van der Waals surface area (Å²) in [5.41, 5.74) is 0.958. The van der Waals surface area contributed by atoms with Gasteiger partial charge in [-0.15, -0.1) is 0 Å². The quantitative estimate of drug-likeness (QED) is 0.717. The first-order chi connectivity index (χ1) is 5.76. The fourth-order valence-corrected chi connectivity index (χ4v) is 1.49. The Morgan fingerprint density at radius 3 is 2.75 bits per heavy atom. The second kappa shape index (κ2) is 4.36. The van der Waals surface area contributed by atoms with Gasteiger partial charge in [0.05, 0.1) is 7.11 Å². The van der Waals surface area contributed by atoms with Crippen LogP contribution in [0.3, 0.4) is 0 Å². The smallest absolute Gasteiger partial charge is 0.127 e. The Morgan fingerprint density at radius 1 is 1.42 bits per heavy atom. The van der Waals surface area contributed by atoms with Gasteiger partial charge < -0.3 is 4.74 Å². The van der Waals surface area contributed by atoms with E-state index in [1.165, 1.54) is 19.2 Å². The van der Waals surface area contributed by atoms with E-state index in [-0.39, 0.29) is 5.82 Å². The summed E-state index contributed by atoms with van der Waals surface area (Å²) >= 11 is 1.66. The summed E-state index contributed by atoms with van der Waals surface area (Å²) in [7, 11) is 1.54. The standard InChI is InChI=1S/C9H11FOS/c1-11-9-4-7(6-12-2)3-8(10)5-9/h3-5H,6H2,1-2H3. The summed E-state index contributed by atoms with van der Waals surface area (Å²) in [6.07, 6.45) is 1.98. The van der Waals surface area contributed by atoms with Gasteiger partial charge in [0.15, 0.2) is 0 Å². The van der Waals surface area contributed by atoms with Crippen molar-refractivity contribution in [3.63, 3.8) is 0 Å². The molecule has 0 heterocycles. The molecule has 0 bridgehead atoms. The molecule has 0 aliphatic rings. The third-order valence-corrected chi connectivity index (χ3v) is 2.10. The van der Waals surface area contributed by atoms with Crippen molar-refractivity contribution in [1.29, 1.82) is 0 Å². The summed E-state index contributed by atoms with van der Waals surface area (Å²) in [6, 6.07) is 4.75. The molecule has 0 aromatic heterocycles. The maximum absolute atomic E-state index is 12.8. The zero-order chi connectivity index (χ0) is 8.97. The van der Waals surface area contributed by atoms with Gasteiger partial charge in [0.25, 0.3) is 0 Å². The molecule has 1 aromatic carbocycles. The molecule has 0 fully saturated rings. The highest BCUT2D eigenvalue weighted by molar-refractivity contribution is 7.97. The SMILES string of the molecule is COc1cc(F)cc(CSC)c1. The van der Waals surface area contributed by atoms with E-state index < -0.39 is 0 Å². The van der Waals surface area contributed by atoms with E-state index in [0.717, 1.165) is 11.3 Å². The van der Waals surface area contributed by atoms with E-state index in [9.17, 15) is 4.39 Å². The molecule has 0 unspecified atom stereocenters. The molecule has 0 spiro atoms. The highest BCUT2D eigenvalue weighted by Gasteiger charge is 1.99. The lowest BCUT2D eigenvalue weighted by Gasteiger charge is -2.03. The number of halogens is 1. The largest absolute Gasteiger partial charge is 0.497 e. The van der Waals surface area contributed by atoms with Crippen LogP contribution >= 0.6 is 11.8 Å². The maximum Gasteiger partial charge on any atom is 0.127 e. The molecule has 12 heavy (non-hydrogen) atoms. The Hall–Kier alpha value is -0.700. The predicted octanol–water partition coefficient (Wildman–Crippen LogP) is 2.70. The first-order valence-electron chi connectivity index (χ1n) is 3.58. The number of hydrogen-bond donors (Lipinski definition) is 0. The van der Waals surface area contributed by atoms with Crippen molar-refractivity contribution in [1.82, 2.24) is 0 Å². The van der Waals surface area contributed by atoms with E-state index in [1.807, 2.05) is 12.3 Å². The predicted molar refractivity (Wildman–Crippen MR) is 50.2 cm³/mol. The van der Waals surface area contributed by atoms with Crippen molar-refractivity contribution in [2.24, 2.45) is 0 Å². The number of methoxy groups -OCH3 is 1. The van der Waals surface area contributed by atoms with Gasteiger partial charge in [-0.05, 0) is 24.0 Å². The molecule has 0 amide bonds. The van der Waals surface area contributed by atoms with Gasteiger partial charge in [-0.25, -0.2) is 4.39 Å². The molecule has 66 valence electrons. The Labute approximate surface area is 75.9 Å². The average Bonchev–Trinajstić information content (AvgIpc) is 2.04. The highest BCUT2D eigenvalue weighted by atomic mass is 32.2. The van der Waals surface area contributed by atoms with Crippen molar-refractivity contribution < 1.29 is 9.13 Å². The zero-order valence-electron chi connectivity index (χ0n) is 7.13. The molecule has 0 aliphatic carbocycles. The van der Waals surface area contributed by atoms with Crippen LogP contribution < -0.4 is 4.74 Å².